The summed E-state index contributed by atoms with van der Waals surface area (Å²) in [4.78, 5) is 6.50. The lowest BCUT2D eigenvalue weighted by molar-refractivity contribution is 0.151. The van der Waals surface area contributed by atoms with E-state index >= 15 is 0 Å². The minimum Gasteiger partial charge on any atom is -0.359 e. The van der Waals surface area contributed by atoms with Crippen molar-refractivity contribution < 1.29 is 17.2 Å². The van der Waals surface area contributed by atoms with Crippen LogP contribution in [-0.4, -0.2) is 18.4 Å². The van der Waals surface area contributed by atoms with E-state index in [1.807, 2.05) is 0 Å². The van der Waals surface area contributed by atoms with Crippen LogP contribution in [0.3, 0.4) is 0 Å². The number of nitrogens with zero attached hydrogens (tertiary/aromatic N) is 1. The van der Waals surface area contributed by atoms with Crippen molar-refractivity contribution in [1.29, 1.82) is 0 Å². The van der Waals surface area contributed by atoms with Crippen LogP contribution in [0.5, 0.6) is 0 Å². The zero-order chi connectivity index (χ0) is 12.4. The Morgan fingerprint density at radius 1 is 1.35 bits per heavy atom. The highest BCUT2D eigenvalue weighted by Crippen LogP contribution is 2.28. The van der Waals surface area contributed by atoms with Crippen LogP contribution < -0.4 is 0 Å². The summed E-state index contributed by atoms with van der Waals surface area (Å²) in [6.07, 6.45) is -0.0457. The van der Waals surface area contributed by atoms with Crippen LogP contribution in [0.25, 0.3) is 11.4 Å². The molecule has 0 atom stereocenters. The van der Waals surface area contributed by atoms with Gasteiger partial charge < -0.3 is 4.98 Å². The normalized spacial score (nSPS) is 11.3. The van der Waals surface area contributed by atoms with E-state index in [0.717, 1.165) is 0 Å². The number of H-pyrrole nitrogens is 1. The number of rotatable bonds is 3. The topological polar surface area (TPSA) is 62.8 Å². The number of thiol groups is 1. The fourth-order valence-electron chi connectivity index (χ4n) is 1.44. The van der Waals surface area contributed by atoms with Crippen LogP contribution in [0, 0.1) is 0 Å². The summed E-state index contributed by atoms with van der Waals surface area (Å²) in [6, 6.07) is 3.94. The van der Waals surface area contributed by atoms with E-state index in [1.54, 1.807) is 0 Å². The van der Waals surface area contributed by atoms with Crippen LogP contribution in [0.15, 0.2) is 35.5 Å². The first-order valence-corrected chi connectivity index (χ1v) is 5.83. The first-order valence-electron chi connectivity index (χ1n) is 4.66. The quantitative estimate of drug-likeness (QED) is 0.827. The third-order valence-electron chi connectivity index (χ3n) is 2.21. The zero-order valence-corrected chi connectivity index (χ0v) is 9.33. The molecule has 0 aromatic carbocycles. The molecule has 0 fully saturated rings. The molecule has 90 valence electrons. The molecule has 1 N–H and O–H groups in total. The van der Waals surface area contributed by atoms with Gasteiger partial charge in [0.2, 0.25) is 0 Å². The van der Waals surface area contributed by atoms with Crippen molar-refractivity contribution in [3.8, 4) is 11.4 Å². The highest BCUT2D eigenvalue weighted by molar-refractivity contribution is 7.72. The van der Waals surface area contributed by atoms with Crippen LogP contribution in [0.4, 0.5) is 8.78 Å². The molecule has 0 spiro atoms. The number of aromatic nitrogens is 2. The predicted octanol–water partition coefficient (Wildman–Crippen LogP) is 1.98. The van der Waals surface area contributed by atoms with Gasteiger partial charge in [-0.1, -0.05) is 0 Å². The van der Waals surface area contributed by atoms with Crippen molar-refractivity contribution >= 4 is 10.7 Å². The van der Waals surface area contributed by atoms with Crippen molar-refractivity contribution in [3.05, 3.63) is 36.2 Å². The van der Waals surface area contributed by atoms with Gasteiger partial charge in [0.15, 0.2) is 10.7 Å². The smallest absolute Gasteiger partial charge is 0.266 e. The molecule has 0 saturated heterocycles. The lowest BCUT2D eigenvalue weighted by atomic mass is 10.1. The lowest BCUT2D eigenvalue weighted by Crippen LogP contribution is -1.93. The fourth-order valence-corrected chi connectivity index (χ4v) is 1.85. The van der Waals surface area contributed by atoms with Crippen LogP contribution >= 0.6 is 0 Å². The lowest BCUT2D eigenvalue weighted by Gasteiger charge is -2.04. The molecule has 0 radical (unpaired) electrons. The van der Waals surface area contributed by atoms with Gasteiger partial charge in [-0.15, -0.1) is 0 Å². The Bertz CT molecular complexity index is 600. The third-order valence-corrected chi connectivity index (χ3v) is 2.89. The summed E-state index contributed by atoms with van der Waals surface area (Å²) in [7, 11) is -2.74. The Labute approximate surface area is 97.3 Å². The van der Waals surface area contributed by atoms with E-state index in [4.69, 9.17) is 0 Å². The van der Waals surface area contributed by atoms with E-state index < -0.39 is 17.1 Å². The maximum Gasteiger partial charge on any atom is 0.266 e. The second-order valence-electron chi connectivity index (χ2n) is 3.27. The summed E-state index contributed by atoms with van der Waals surface area (Å²) < 4.78 is 46.8. The molecule has 0 saturated carbocycles. The third kappa shape index (κ3) is 2.33. The molecule has 0 amide bonds. The molecule has 2 aromatic heterocycles. The molecule has 0 bridgehead atoms. The Morgan fingerprint density at radius 2 is 2.12 bits per heavy atom. The highest BCUT2D eigenvalue weighted by Gasteiger charge is 2.16. The molecule has 4 nitrogen and oxygen atoms in total. The Hall–Kier alpha value is -1.76. The minimum absolute atomic E-state index is 0.0425. The number of nitrogens with one attached hydrogen (secondary N) is 1. The van der Waals surface area contributed by atoms with Crippen LogP contribution in [0.1, 0.15) is 12.0 Å². The summed E-state index contributed by atoms with van der Waals surface area (Å²) >= 11 is 0. The average molecular weight is 258 g/mol. The first kappa shape index (κ1) is 11.7. The second kappa shape index (κ2) is 4.62. The summed E-state index contributed by atoms with van der Waals surface area (Å²) in [5.74, 6) is 0. The monoisotopic (exact) mass is 258 g/mol. The molecule has 2 heterocycles. The molecule has 0 unspecified atom stereocenters. The predicted molar refractivity (Wildman–Crippen MR) is 57.6 cm³/mol. The van der Waals surface area contributed by atoms with Gasteiger partial charge in [0.25, 0.3) is 6.43 Å². The minimum atomic E-state index is -2.74. The Balaban J connectivity index is 2.52. The molecule has 2 rings (SSSR count). The van der Waals surface area contributed by atoms with Crippen molar-refractivity contribution in [2.45, 2.75) is 11.3 Å². The van der Waals surface area contributed by atoms with Gasteiger partial charge in [0.05, 0.1) is 16.3 Å². The van der Waals surface area contributed by atoms with Crippen LogP contribution in [-0.2, 0) is 10.7 Å². The largest absolute Gasteiger partial charge is 0.359 e. The van der Waals surface area contributed by atoms with Crippen molar-refractivity contribution in [3.63, 3.8) is 0 Å². The second-order valence-corrected chi connectivity index (χ2v) is 4.30. The number of hydrogen-bond acceptors (Lipinski definition) is 3. The number of halogens is 2. The first-order chi connectivity index (χ1) is 8.09. The number of hydrogen-bond donors (Lipinski definition) is 2. The van der Waals surface area contributed by atoms with Gasteiger partial charge in [-0.2, -0.15) is 0 Å². The molecule has 0 aliphatic rings. The van der Waals surface area contributed by atoms with Gasteiger partial charge in [-0.25, -0.2) is 17.2 Å². The van der Waals surface area contributed by atoms with Gasteiger partial charge >= 0.3 is 0 Å². The van der Waals surface area contributed by atoms with Gasteiger partial charge in [-0.3, -0.25) is 4.98 Å². The number of aromatic amines is 1. The summed E-state index contributed by atoms with van der Waals surface area (Å²) in [6.45, 7) is 0. The SMILES string of the molecule is O=[SH](=O)c1c[nH]c(-c2ncccc2C(F)F)c1. The Kier molecular flexibility index (Phi) is 3.19. The maximum atomic E-state index is 12.7. The average Bonchev–Trinajstić information content (AvgIpc) is 2.78. The number of alkyl halides is 2. The summed E-state index contributed by atoms with van der Waals surface area (Å²) in [5, 5.41) is 0. The molecule has 0 aliphatic carbocycles. The molecule has 7 heteroatoms. The Morgan fingerprint density at radius 3 is 2.71 bits per heavy atom. The van der Waals surface area contributed by atoms with Crippen molar-refractivity contribution in [2.24, 2.45) is 0 Å². The zero-order valence-electron chi connectivity index (χ0n) is 8.43. The molecular weight excluding hydrogens is 250 g/mol. The van der Waals surface area contributed by atoms with Crippen LogP contribution in [0.2, 0.25) is 0 Å². The maximum absolute atomic E-state index is 12.7. The van der Waals surface area contributed by atoms with E-state index in [-0.39, 0.29) is 21.8 Å². The molecular formula is C10H8F2N2O2S. The number of pyridine rings is 1. The van der Waals surface area contributed by atoms with Gasteiger partial charge in [0, 0.05) is 18.0 Å². The standard InChI is InChI=1S/C10H8F2N2O2S/c11-10(12)7-2-1-3-13-9(7)8-4-6(5-14-8)17(15)16/h1-5,10,14,17H. The summed E-state index contributed by atoms with van der Waals surface area (Å²) in [5.41, 5.74) is 0.0859. The van der Waals surface area contributed by atoms with E-state index in [2.05, 4.69) is 9.97 Å². The highest BCUT2D eigenvalue weighted by atomic mass is 32.2. The van der Waals surface area contributed by atoms with E-state index in [1.165, 1.54) is 30.6 Å². The van der Waals surface area contributed by atoms with Crippen molar-refractivity contribution in [2.75, 3.05) is 0 Å². The van der Waals surface area contributed by atoms with E-state index in [0.29, 0.717) is 0 Å². The van der Waals surface area contributed by atoms with Crippen molar-refractivity contribution in [1.82, 2.24) is 9.97 Å². The molecule has 17 heavy (non-hydrogen) atoms. The molecule has 2 aromatic rings. The van der Waals surface area contributed by atoms with Gasteiger partial charge in [0.1, 0.15) is 0 Å². The fraction of sp³-hybridized carbons (Fsp3) is 0.100. The van der Waals surface area contributed by atoms with Gasteiger partial charge in [-0.05, 0) is 18.2 Å². The molecule has 0 aliphatic heterocycles. The van der Waals surface area contributed by atoms with E-state index in [9.17, 15) is 17.2 Å².